The third-order valence-corrected chi connectivity index (χ3v) is 3.01. The summed E-state index contributed by atoms with van der Waals surface area (Å²) in [6, 6.07) is 16.2. The Morgan fingerprint density at radius 2 is 2.05 bits per heavy atom. The van der Waals surface area contributed by atoms with Gasteiger partial charge in [-0.15, -0.1) is 0 Å². The van der Waals surface area contributed by atoms with Crippen molar-refractivity contribution in [1.82, 2.24) is 0 Å². The number of benzene rings is 2. The maximum absolute atomic E-state index is 9.88. The Labute approximate surface area is 128 Å². The minimum Gasteiger partial charge on any atom is -0.491 e. The predicted octanol–water partition coefficient (Wildman–Crippen LogP) is 3.06. The standard InChI is InChI=1S/C16H15ClN2O2/c17-13-4-2-6-16(8-13)21-11-15(20)10-19-14-5-1-3-12(7-14)9-18/h1-8,15,19-20H,10-11H2. The normalized spacial score (nSPS) is 11.5. The summed E-state index contributed by atoms with van der Waals surface area (Å²) in [6.45, 7) is 0.487. The van der Waals surface area contributed by atoms with Gasteiger partial charge in [0.15, 0.2) is 0 Å². The van der Waals surface area contributed by atoms with Crippen molar-refractivity contribution in [3.05, 3.63) is 59.1 Å². The second-order valence-corrected chi connectivity index (χ2v) is 4.93. The topological polar surface area (TPSA) is 65.3 Å². The molecule has 0 radical (unpaired) electrons. The van der Waals surface area contributed by atoms with Crippen molar-refractivity contribution in [3.63, 3.8) is 0 Å². The molecule has 2 aromatic carbocycles. The van der Waals surface area contributed by atoms with E-state index in [9.17, 15) is 5.11 Å². The van der Waals surface area contributed by atoms with Gasteiger partial charge in [-0.2, -0.15) is 5.26 Å². The first-order valence-corrected chi connectivity index (χ1v) is 6.85. The molecule has 21 heavy (non-hydrogen) atoms. The maximum Gasteiger partial charge on any atom is 0.120 e. The summed E-state index contributed by atoms with van der Waals surface area (Å²) in [5.74, 6) is 0.619. The van der Waals surface area contributed by atoms with Crippen molar-refractivity contribution in [2.45, 2.75) is 6.10 Å². The molecule has 0 aliphatic carbocycles. The molecule has 2 aromatic rings. The number of nitriles is 1. The van der Waals surface area contributed by atoms with Crippen LogP contribution >= 0.6 is 11.6 Å². The van der Waals surface area contributed by atoms with E-state index in [0.29, 0.717) is 22.9 Å². The van der Waals surface area contributed by atoms with Gasteiger partial charge < -0.3 is 15.2 Å². The van der Waals surface area contributed by atoms with Crippen LogP contribution in [0, 0.1) is 11.3 Å². The number of hydrogen-bond donors (Lipinski definition) is 2. The SMILES string of the molecule is N#Cc1cccc(NCC(O)COc2cccc(Cl)c2)c1. The Morgan fingerprint density at radius 3 is 2.81 bits per heavy atom. The summed E-state index contributed by atoms with van der Waals surface area (Å²) in [5.41, 5.74) is 1.36. The first kappa shape index (κ1) is 15.2. The Bertz CT molecular complexity index is 640. The molecule has 0 bridgehead atoms. The number of nitrogens with one attached hydrogen (secondary N) is 1. The minimum atomic E-state index is -0.672. The van der Waals surface area contributed by atoms with E-state index in [1.54, 1.807) is 42.5 Å². The van der Waals surface area contributed by atoms with Crippen LogP contribution in [0.5, 0.6) is 5.75 Å². The largest absolute Gasteiger partial charge is 0.491 e. The number of rotatable bonds is 6. The first-order chi connectivity index (χ1) is 10.2. The van der Waals surface area contributed by atoms with E-state index in [2.05, 4.69) is 11.4 Å². The van der Waals surface area contributed by atoms with E-state index in [-0.39, 0.29) is 6.61 Å². The Morgan fingerprint density at radius 1 is 1.24 bits per heavy atom. The van der Waals surface area contributed by atoms with Crippen molar-refractivity contribution >= 4 is 17.3 Å². The van der Waals surface area contributed by atoms with Crippen LogP contribution in [0.4, 0.5) is 5.69 Å². The summed E-state index contributed by atoms with van der Waals surface area (Å²) in [6.07, 6.45) is -0.672. The highest BCUT2D eigenvalue weighted by atomic mass is 35.5. The Kier molecular flexibility index (Phi) is 5.44. The van der Waals surface area contributed by atoms with Gasteiger partial charge >= 0.3 is 0 Å². The van der Waals surface area contributed by atoms with Gasteiger partial charge in [0.05, 0.1) is 11.6 Å². The van der Waals surface area contributed by atoms with E-state index in [1.165, 1.54) is 0 Å². The lowest BCUT2D eigenvalue weighted by atomic mass is 10.2. The summed E-state index contributed by atoms with van der Waals surface area (Å²) < 4.78 is 5.46. The molecular weight excluding hydrogens is 288 g/mol. The number of aliphatic hydroxyl groups is 1. The smallest absolute Gasteiger partial charge is 0.120 e. The molecule has 108 valence electrons. The molecule has 0 saturated carbocycles. The number of nitrogens with zero attached hydrogens (tertiary/aromatic N) is 1. The molecular formula is C16H15ClN2O2. The summed E-state index contributed by atoms with van der Waals surface area (Å²) in [7, 11) is 0. The number of anilines is 1. The predicted molar refractivity (Wildman–Crippen MR) is 82.6 cm³/mol. The molecule has 5 heteroatoms. The van der Waals surface area contributed by atoms with E-state index in [0.717, 1.165) is 5.69 Å². The molecule has 0 aromatic heterocycles. The maximum atomic E-state index is 9.88. The molecule has 0 spiro atoms. The van der Waals surface area contributed by atoms with Crippen LogP contribution in [0.1, 0.15) is 5.56 Å². The molecule has 2 rings (SSSR count). The van der Waals surface area contributed by atoms with E-state index in [1.807, 2.05) is 6.07 Å². The monoisotopic (exact) mass is 302 g/mol. The number of halogens is 1. The van der Waals surface area contributed by atoms with Crippen molar-refractivity contribution in [2.24, 2.45) is 0 Å². The van der Waals surface area contributed by atoms with Gasteiger partial charge in [-0.1, -0.05) is 23.7 Å². The van der Waals surface area contributed by atoms with Crippen LogP contribution in [0.3, 0.4) is 0 Å². The van der Waals surface area contributed by atoms with Crippen molar-refractivity contribution < 1.29 is 9.84 Å². The van der Waals surface area contributed by atoms with Gasteiger partial charge in [0, 0.05) is 17.3 Å². The minimum absolute atomic E-state index is 0.158. The van der Waals surface area contributed by atoms with Crippen LogP contribution in [0.15, 0.2) is 48.5 Å². The van der Waals surface area contributed by atoms with Gasteiger partial charge in [-0.3, -0.25) is 0 Å². The molecule has 2 N–H and O–H groups in total. The summed E-state index contributed by atoms with van der Waals surface area (Å²) in [5, 5.41) is 22.3. The lowest BCUT2D eigenvalue weighted by molar-refractivity contribution is 0.117. The molecule has 0 aliphatic heterocycles. The summed E-state index contributed by atoms with van der Waals surface area (Å²) >= 11 is 5.85. The molecule has 0 aliphatic rings. The zero-order valence-electron chi connectivity index (χ0n) is 11.3. The molecule has 1 unspecified atom stereocenters. The number of ether oxygens (including phenoxy) is 1. The van der Waals surface area contributed by atoms with Crippen molar-refractivity contribution in [2.75, 3.05) is 18.5 Å². The zero-order valence-corrected chi connectivity index (χ0v) is 12.0. The van der Waals surface area contributed by atoms with Crippen LogP contribution in [-0.2, 0) is 0 Å². The second kappa shape index (κ2) is 7.53. The van der Waals surface area contributed by atoms with E-state index < -0.39 is 6.10 Å². The van der Waals surface area contributed by atoms with Gasteiger partial charge in [0.1, 0.15) is 18.5 Å². The third-order valence-electron chi connectivity index (χ3n) is 2.77. The fourth-order valence-corrected chi connectivity index (χ4v) is 1.92. The van der Waals surface area contributed by atoms with Crippen LogP contribution in [0.2, 0.25) is 5.02 Å². The highest BCUT2D eigenvalue weighted by Crippen LogP contribution is 2.17. The second-order valence-electron chi connectivity index (χ2n) is 4.50. The van der Waals surface area contributed by atoms with Gasteiger partial charge in [0.25, 0.3) is 0 Å². The van der Waals surface area contributed by atoms with E-state index in [4.69, 9.17) is 21.6 Å². The molecule has 1 atom stereocenters. The van der Waals surface area contributed by atoms with Gasteiger partial charge in [-0.25, -0.2) is 0 Å². The van der Waals surface area contributed by atoms with Crippen LogP contribution < -0.4 is 10.1 Å². The average molecular weight is 303 g/mol. The summed E-state index contributed by atoms with van der Waals surface area (Å²) in [4.78, 5) is 0. The van der Waals surface area contributed by atoms with E-state index >= 15 is 0 Å². The highest BCUT2D eigenvalue weighted by molar-refractivity contribution is 6.30. The third kappa shape index (κ3) is 4.99. The van der Waals surface area contributed by atoms with Crippen LogP contribution in [0.25, 0.3) is 0 Å². The van der Waals surface area contributed by atoms with Crippen LogP contribution in [-0.4, -0.2) is 24.4 Å². The zero-order chi connectivity index (χ0) is 15.1. The molecule has 0 saturated heterocycles. The molecule has 0 fully saturated rings. The van der Waals surface area contributed by atoms with Gasteiger partial charge in [0.2, 0.25) is 0 Å². The molecule has 4 nitrogen and oxygen atoms in total. The number of aliphatic hydroxyl groups excluding tert-OH is 1. The first-order valence-electron chi connectivity index (χ1n) is 6.48. The Balaban J connectivity index is 1.79. The molecule has 0 heterocycles. The Hall–Kier alpha value is -2.22. The highest BCUT2D eigenvalue weighted by Gasteiger charge is 2.06. The fourth-order valence-electron chi connectivity index (χ4n) is 1.74. The lowest BCUT2D eigenvalue weighted by Crippen LogP contribution is -2.26. The molecule has 0 amide bonds. The fraction of sp³-hybridized carbons (Fsp3) is 0.188. The average Bonchev–Trinajstić information content (AvgIpc) is 2.51. The van der Waals surface area contributed by atoms with Gasteiger partial charge in [-0.05, 0) is 36.4 Å². The number of hydrogen-bond acceptors (Lipinski definition) is 4. The lowest BCUT2D eigenvalue weighted by Gasteiger charge is -2.14. The van der Waals surface area contributed by atoms with Crippen molar-refractivity contribution in [3.8, 4) is 11.8 Å². The quantitative estimate of drug-likeness (QED) is 0.860. The van der Waals surface area contributed by atoms with Crippen molar-refractivity contribution in [1.29, 1.82) is 5.26 Å².